The molecule has 39 heavy (non-hydrogen) atoms. The van der Waals surface area contributed by atoms with Crippen LogP contribution in [0.15, 0.2) is 50.8 Å². The zero-order valence-corrected chi connectivity index (χ0v) is 23.8. The van der Waals surface area contributed by atoms with E-state index < -0.39 is 5.54 Å². The summed E-state index contributed by atoms with van der Waals surface area (Å²) in [7, 11) is 0. The van der Waals surface area contributed by atoms with Gasteiger partial charge in [-0.25, -0.2) is 0 Å². The van der Waals surface area contributed by atoms with Gasteiger partial charge in [0.15, 0.2) is 5.82 Å². The minimum Gasteiger partial charge on any atom is -0.372 e. The van der Waals surface area contributed by atoms with E-state index in [0.29, 0.717) is 19.8 Å². The Kier molecular flexibility index (Phi) is 7.25. The first-order valence-electron chi connectivity index (χ1n) is 14.1. The fourth-order valence-electron chi connectivity index (χ4n) is 6.00. The maximum atomic E-state index is 13.7. The molecule has 1 aliphatic carbocycles. The monoisotopic (exact) mass is 544 g/mol. The summed E-state index contributed by atoms with van der Waals surface area (Å²) in [6.07, 6.45) is 6.95. The van der Waals surface area contributed by atoms with Crippen molar-refractivity contribution >= 4 is 29.5 Å². The number of anilines is 1. The molecule has 2 aromatic carbocycles. The van der Waals surface area contributed by atoms with Gasteiger partial charge in [-0.15, -0.1) is 0 Å². The molecule has 1 amide bonds. The van der Waals surface area contributed by atoms with Crippen LogP contribution in [0.25, 0.3) is 11.1 Å². The quantitative estimate of drug-likeness (QED) is 0.284. The molecule has 6 rings (SSSR count). The highest BCUT2D eigenvalue weighted by Gasteiger charge is 2.49. The molecule has 0 radical (unpaired) electrons. The molecule has 1 saturated carbocycles. The lowest BCUT2D eigenvalue weighted by molar-refractivity contribution is -0.131. The van der Waals surface area contributed by atoms with Crippen molar-refractivity contribution in [2.24, 2.45) is 4.99 Å². The normalized spacial score (nSPS) is 17.8. The van der Waals surface area contributed by atoms with Crippen molar-refractivity contribution in [1.82, 2.24) is 10.1 Å². The number of fused-ring (bicyclic) bond motifs is 1. The summed E-state index contributed by atoms with van der Waals surface area (Å²) in [5, 5.41) is 4.14. The molecule has 1 aromatic heterocycles. The second kappa shape index (κ2) is 10.8. The number of aryl methyl sites for hydroxylation is 1. The number of ether oxygens (including phenoxy) is 1. The average Bonchev–Trinajstić information content (AvgIpc) is 3.74. The molecule has 3 heterocycles. The fourth-order valence-corrected chi connectivity index (χ4v) is 6.84. The largest absolute Gasteiger partial charge is 0.372 e. The molecule has 3 aromatic rings. The van der Waals surface area contributed by atoms with Gasteiger partial charge in [0.05, 0.1) is 19.8 Å². The van der Waals surface area contributed by atoms with Gasteiger partial charge in [-0.05, 0) is 78.9 Å². The van der Waals surface area contributed by atoms with Crippen LogP contribution < -0.4 is 4.72 Å². The van der Waals surface area contributed by atoms with E-state index in [4.69, 9.17) is 14.3 Å². The summed E-state index contributed by atoms with van der Waals surface area (Å²) < 4.78 is 14.7. The number of amides is 1. The Morgan fingerprint density at radius 2 is 1.85 bits per heavy atom. The summed E-state index contributed by atoms with van der Waals surface area (Å²) >= 11 is 1.54. The topological polar surface area (TPSA) is 80.0 Å². The van der Waals surface area contributed by atoms with E-state index in [0.717, 1.165) is 83.9 Å². The molecule has 0 saturated heterocycles. The van der Waals surface area contributed by atoms with E-state index in [1.807, 2.05) is 18.7 Å². The van der Waals surface area contributed by atoms with Crippen LogP contribution in [-0.2, 0) is 29.3 Å². The van der Waals surface area contributed by atoms with Crippen molar-refractivity contribution in [3.63, 3.8) is 0 Å². The smallest absolute Gasteiger partial charge is 0.256 e. The maximum Gasteiger partial charge on any atom is 0.256 e. The summed E-state index contributed by atoms with van der Waals surface area (Å²) in [4.78, 5) is 21.9. The summed E-state index contributed by atoms with van der Waals surface area (Å²) in [5.74, 6) is 2.74. The predicted octanol–water partition coefficient (Wildman–Crippen LogP) is 7.35. The summed E-state index contributed by atoms with van der Waals surface area (Å²) in [5.41, 5.74) is 6.40. The first-order chi connectivity index (χ1) is 19.0. The first kappa shape index (κ1) is 26.1. The highest BCUT2D eigenvalue weighted by molar-refractivity contribution is 8.00. The third-order valence-electron chi connectivity index (χ3n) is 8.42. The van der Waals surface area contributed by atoms with Crippen LogP contribution in [0, 0.1) is 13.8 Å². The second-order valence-corrected chi connectivity index (χ2v) is 11.7. The number of carbonyl (C=O) groups excluding carboxylic acids is 1. The summed E-state index contributed by atoms with van der Waals surface area (Å²) in [6, 6.07) is 12.8. The third kappa shape index (κ3) is 4.78. The van der Waals surface area contributed by atoms with Gasteiger partial charge in [-0.2, -0.15) is 0 Å². The highest BCUT2D eigenvalue weighted by Crippen LogP contribution is 2.42. The lowest BCUT2D eigenvalue weighted by Gasteiger charge is -2.24. The molecular weight excluding hydrogens is 508 g/mol. The van der Waals surface area contributed by atoms with Crippen molar-refractivity contribution in [1.29, 1.82) is 0 Å². The SMILES string of the molecule is CCCCC1=NC2(CCCC2)C(=O)N1Cc1ccc(-c2ccccc2SNc2noc(C)c2C)c2c1COC2. The molecule has 3 aliphatic rings. The van der Waals surface area contributed by atoms with Crippen LogP contribution in [-0.4, -0.2) is 27.3 Å². The van der Waals surface area contributed by atoms with Crippen LogP contribution in [0.2, 0.25) is 0 Å². The molecule has 1 fully saturated rings. The zero-order valence-electron chi connectivity index (χ0n) is 23.0. The van der Waals surface area contributed by atoms with E-state index in [1.165, 1.54) is 28.6 Å². The Morgan fingerprint density at radius 1 is 1.05 bits per heavy atom. The Labute approximate surface area is 234 Å². The van der Waals surface area contributed by atoms with Gasteiger partial charge in [0, 0.05) is 16.9 Å². The molecule has 204 valence electrons. The van der Waals surface area contributed by atoms with Crippen LogP contribution in [0.4, 0.5) is 5.82 Å². The molecule has 0 unspecified atom stereocenters. The number of hydrogen-bond acceptors (Lipinski definition) is 7. The van der Waals surface area contributed by atoms with Gasteiger partial charge in [0.1, 0.15) is 17.1 Å². The number of amidine groups is 1. The average molecular weight is 545 g/mol. The third-order valence-corrected chi connectivity index (χ3v) is 9.30. The number of benzene rings is 2. The van der Waals surface area contributed by atoms with E-state index in [9.17, 15) is 4.79 Å². The van der Waals surface area contributed by atoms with E-state index in [2.05, 4.69) is 53.2 Å². The van der Waals surface area contributed by atoms with E-state index in [1.54, 1.807) is 0 Å². The molecule has 7 nitrogen and oxygen atoms in total. The van der Waals surface area contributed by atoms with Gasteiger partial charge >= 0.3 is 0 Å². The minimum absolute atomic E-state index is 0.203. The molecule has 8 heteroatoms. The van der Waals surface area contributed by atoms with Crippen molar-refractivity contribution in [2.75, 3.05) is 4.72 Å². The number of carbonyl (C=O) groups is 1. The molecule has 0 atom stereocenters. The number of aliphatic imine (C=N–C) groups is 1. The molecule has 1 N–H and O–H groups in total. The van der Waals surface area contributed by atoms with Crippen LogP contribution in [0.3, 0.4) is 0 Å². The lowest BCUT2D eigenvalue weighted by atomic mass is 9.93. The van der Waals surface area contributed by atoms with Gasteiger partial charge in [0.2, 0.25) is 0 Å². The maximum absolute atomic E-state index is 13.7. The molecule has 2 aliphatic heterocycles. The number of aromatic nitrogens is 1. The van der Waals surface area contributed by atoms with Crippen molar-refractivity contribution in [3.8, 4) is 11.1 Å². The Hall–Kier alpha value is -3.10. The number of nitrogens with one attached hydrogen (secondary N) is 1. The Bertz CT molecular complexity index is 1420. The summed E-state index contributed by atoms with van der Waals surface area (Å²) in [6.45, 7) is 7.81. The zero-order chi connectivity index (χ0) is 27.0. The van der Waals surface area contributed by atoms with E-state index >= 15 is 0 Å². The molecule has 1 spiro atoms. The van der Waals surface area contributed by atoms with Gasteiger partial charge in [-0.3, -0.25) is 14.7 Å². The van der Waals surface area contributed by atoms with Crippen LogP contribution in [0.1, 0.15) is 79.9 Å². The van der Waals surface area contributed by atoms with Crippen LogP contribution >= 0.6 is 11.9 Å². The van der Waals surface area contributed by atoms with Crippen molar-refractivity contribution in [2.45, 2.75) is 95.9 Å². The molecular formula is C31H36N4O3S. The Balaban J connectivity index is 1.29. The van der Waals surface area contributed by atoms with Crippen molar-refractivity contribution < 1.29 is 14.1 Å². The lowest BCUT2D eigenvalue weighted by Crippen LogP contribution is -2.40. The standard InChI is InChI=1S/C31H36N4O3S/c1-4-5-12-28-32-31(15-8-9-16-31)30(36)35(28)17-22-13-14-23(26-19-37-18-25(22)26)24-10-6-7-11-27(24)39-34-29-20(2)21(3)38-33-29/h6-7,10-11,13-14H,4-5,8-9,12,15-19H2,1-3H3,(H,33,34). The van der Waals surface area contributed by atoms with Crippen molar-refractivity contribution in [3.05, 3.63) is 64.4 Å². The second-order valence-electron chi connectivity index (χ2n) is 10.9. The molecule has 0 bridgehead atoms. The van der Waals surface area contributed by atoms with Gasteiger partial charge in [0.25, 0.3) is 5.91 Å². The first-order valence-corrected chi connectivity index (χ1v) is 14.9. The number of hydrogen-bond donors (Lipinski definition) is 1. The minimum atomic E-state index is -0.507. The van der Waals surface area contributed by atoms with Crippen LogP contribution in [0.5, 0.6) is 0 Å². The van der Waals surface area contributed by atoms with Gasteiger partial charge in [-0.1, -0.05) is 61.7 Å². The number of rotatable bonds is 9. The fraction of sp³-hybridized carbons (Fsp3) is 0.452. The number of unbranched alkanes of at least 4 members (excludes halogenated alkanes) is 1. The number of nitrogens with zero attached hydrogens (tertiary/aromatic N) is 3. The van der Waals surface area contributed by atoms with E-state index in [-0.39, 0.29) is 5.91 Å². The highest BCUT2D eigenvalue weighted by atomic mass is 32.2. The van der Waals surface area contributed by atoms with Gasteiger partial charge < -0.3 is 14.0 Å². The predicted molar refractivity (Wildman–Crippen MR) is 155 cm³/mol. The Morgan fingerprint density at radius 3 is 2.62 bits per heavy atom.